The lowest BCUT2D eigenvalue weighted by Gasteiger charge is -2.12. The Kier molecular flexibility index (Phi) is 8.67. The van der Waals surface area contributed by atoms with Crippen LogP contribution in [0.25, 0.3) is 0 Å². The summed E-state index contributed by atoms with van der Waals surface area (Å²) in [5, 5.41) is 9.05. The van der Waals surface area contributed by atoms with Crippen molar-refractivity contribution in [3.05, 3.63) is 35.4 Å². The number of nitrogens with zero attached hydrogens (tertiary/aromatic N) is 1. The van der Waals surface area contributed by atoms with Crippen LogP contribution in [0.2, 0.25) is 0 Å². The van der Waals surface area contributed by atoms with Gasteiger partial charge in [-0.1, -0.05) is 12.1 Å². The summed E-state index contributed by atoms with van der Waals surface area (Å²) < 4.78 is 5.27. The molecule has 0 unspecified atom stereocenters. The van der Waals surface area contributed by atoms with E-state index in [-0.39, 0.29) is 5.91 Å². The van der Waals surface area contributed by atoms with Gasteiger partial charge >= 0.3 is 0 Å². The molecule has 1 aromatic carbocycles. The molecule has 0 aliphatic carbocycles. The molecule has 0 heterocycles. The lowest BCUT2D eigenvalue weighted by molar-refractivity contribution is 0.0963. The Balaban J connectivity index is 2.38. The molecule has 1 amide bonds. The second-order valence-corrected chi connectivity index (χ2v) is 4.65. The van der Waals surface area contributed by atoms with Gasteiger partial charge in [0.05, 0.1) is 6.61 Å². The minimum atomic E-state index is -0.0665. The predicted octanol–water partition coefficient (Wildman–Crippen LogP) is 0.790. The Labute approximate surface area is 132 Å². The van der Waals surface area contributed by atoms with Crippen LogP contribution >= 0.6 is 0 Å². The minimum Gasteiger partial charge on any atom is -0.380 e. The van der Waals surface area contributed by atoms with Crippen molar-refractivity contribution in [1.29, 1.82) is 0 Å². The highest BCUT2D eigenvalue weighted by molar-refractivity contribution is 5.94. The molecular formula is C16H26N4O2. The van der Waals surface area contributed by atoms with Gasteiger partial charge in [0.1, 0.15) is 0 Å². The number of guanidine groups is 1. The first-order chi connectivity index (χ1) is 10.7. The van der Waals surface area contributed by atoms with Crippen molar-refractivity contribution < 1.29 is 9.53 Å². The van der Waals surface area contributed by atoms with E-state index in [0.29, 0.717) is 12.2 Å². The van der Waals surface area contributed by atoms with Gasteiger partial charge in [-0.15, -0.1) is 0 Å². The van der Waals surface area contributed by atoms with Gasteiger partial charge in [0, 0.05) is 39.4 Å². The van der Waals surface area contributed by atoms with E-state index in [9.17, 15) is 4.79 Å². The van der Waals surface area contributed by atoms with Crippen molar-refractivity contribution in [2.45, 2.75) is 13.3 Å². The van der Waals surface area contributed by atoms with Crippen molar-refractivity contribution in [3.8, 4) is 0 Å². The molecule has 0 radical (unpaired) electrons. The second-order valence-electron chi connectivity index (χ2n) is 4.65. The largest absolute Gasteiger partial charge is 0.380 e. The zero-order valence-corrected chi connectivity index (χ0v) is 13.6. The molecule has 0 aromatic heterocycles. The molecule has 6 heteroatoms. The summed E-state index contributed by atoms with van der Waals surface area (Å²) >= 11 is 0. The van der Waals surface area contributed by atoms with E-state index in [1.54, 1.807) is 14.1 Å². The van der Waals surface area contributed by atoms with Gasteiger partial charge in [0.2, 0.25) is 0 Å². The number of aliphatic imine (C=N–C) groups is 1. The number of carbonyl (C=O) groups excluding carboxylic acids is 1. The Hall–Kier alpha value is -2.08. The highest BCUT2D eigenvalue weighted by atomic mass is 16.5. The van der Waals surface area contributed by atoms with Gasteiger partial charge in [-0.25, -0.2) is 0 Å². The van der Waals surface area contributed by atoms with Gasteiger partial charge in [-0.3, -0.25) is 9.79 Å². The number of amides is 1. The highest BCUT2D eigenvalue weighted by Gasteiger charge is 2.04. The molecule has 0 aliphatic heterocycles. The van der Waals surface area contributed by atoms with Crippen molar-refractivity contribution in [3.63, 3.8) is 0 Å². The van der Waals surface area contributed by atoms with Crippen molar-refractivity contribution >= 4 is 11.9 Å². The molecular weight excluding hydrogens is 280 g/mol. The fourth-order valence-electron chi connectivity index (χ4n) is 1.94. The Bertz CT molecular complexity index is 489. The SMILES string of the molecule is CCOCCNC(=NC)NCCc1cccc(C(=O)NC)c1. The first kappa shape index (κ1) is 18.0. The molecule has 0 fully saturated rings. The third-order valence-electron chi connectivity index (χ3n) is 3.09. The molecule has 0 spiro atoms. The van der Waals surface area contributed by atoms with Gasteiger partial charge in [-0.2, -0.15) is 0 Å². The first-order valence-corrected chi connectivity index (χ1v) is 7.54. The molecule has 0 atom stereocenters. The molecule has 1 rings (SSSR count). The van der Waals surface area contributed by atoms with Crippen LogP contribution in [-0.4, -0.2) is 52.3 Å². The normalized spacial score (nSPS) is 11.1. The number of nitrogens with one attached hydrogen (secondary N) is 3. The summed E-state index contributed by atoms with van der Waals surface area (Å²) in [6.45, 7) is 4.81. The lowest BCUT2D eigenvalue weighted by Crippen LogP contribution is -2.39. The zero-order valence-electron chi connectivity index (χ0n) is 13.6. The summed E-state index contributed by atoms with van der Waals surface area (Å²) in [6.07, 6.45) is 0.816. The lowest BCUT2D eigenvalue weighted by atomic mass is 10.1. The van der Waals surface area contributed by atoms with Crippen LogP contribution < -0.4 is 16.0 Å². The molecule has 3 N–H and O–H groups in total. The van der Waals surface area contributed by atoms with Gasteiger partial charge in [0.25, 0.3) is 5.91 Å². The molecule has 0 saturated carbocycles. The molecule has 0 saturated heterocycles. The number of rotatable bonds is 8. The van der Waals surface area contributed by atoms with E-state index in [1.165, 1.54) is 0 Å². The number of carbonyl (C=O) groups is 1. The van der Waals surface area contributed by atoms with Gasteiger partial charge in [-0.05, 0) is 31.0 Å². The highest BCUT2D eigenvalue weighted by Crippen LogP contribution is 2.05. The topological polar surface area (TPSA) is 74.8 Å². The standard InChI is InChI=1S/C16H26N4O2/c1-4-22-11-10-20-16(18-3)19-9-8-13-6-5-7-14(12-13)15(21)17-2/h5-7,12H,4,8-11H2,1-3H3,(H,17,21)(H2,18,19,20). The number of benzene rings is 1. The van der Waals surface area contributed by atoms with Crippen LogP contribution in [0.5, 0.6) is 0 Å². The maximum Gasteiger partial charge on any atom is 0.251 e. The average molecular weight is 306 g/mol. The van der Waals surface area contributed by atoms with Gasteiger partial charge < -0.3 is 20.7 Å². The second kappa shape index (κ2) is 10.6. The molecule has 22 heavy (non-hydrogen) atoms. The summed E-state index contributed by atoms with van der Waals surface area (Å²) in [7, 11) is 3.37. The van der Waals surface area contributed by atoms with Crippen LogP contribution in [0, 0.1) is 0 Å². The summed E-state index contributed by atoms with van der Waals surface area (Å²) in [5.74, 6) is 0.686. The maximum atomic E-state index is 11.6. The van der Waals surface area contributed by atoms with Crippen LogP contribution in [0.4, 0.5) is 0 Å². The monoisotopic (exact) mass is 306 g/mol. The van der Waals surface area contributed by atoms with Crippen molar-refractivity contribution in [1.82, 2.24) is 16.0 Å². The molecule has 1 aromatic rings. The average Bonchev–Trinajstić information content (AvgIpc) is 2.56. The Morgan fingerprint density at radius 1 is 1.27 bits per heavy atom. The minimum absolute atomic E-state index is 0.0665. The zero-order chi connectivity index (χ0) is 16.2. The van der Waals surface area contributed by atoms with Crippen LogP contribution in [0.15, 0.2) is 29.3 Å². The van der Waals surface area contributed by atoms with E-state index in [4.69, 9.17) is 4.74 Å². The molecule has 0 aliphatic rings. The van der Waals surface area contributed by atoms with E-state index in [1.807, 2.05) is 31.2 Å². The Morgan fingerprint density at radius 3 is 2.73 bits per heavy atom. The van der Waals surface area contributed by atoms with E-state index in [0.717, 1.165) is 37.6 Å². The smallest absolute Gasteiger partial charge is 0.251 e. The summed E-state index contributed by atoms with van der Waals surface area (Å²) in [5.41, 5.74) is 1.79. The van der Waals surface area contributed by atoms with E-state index < -0.39 is 0 Å². The van der Waals surface area contributed by atoms with Crippen LogP contribution in [-0.2, 0) is 11.2 Å². The first-order valence-electron chi connectivity index (χ1n) is 7.54. The Morgan fingerprint density at radius 2 is 2.05 bits per heavy atom. The number of ether oxygens (including phenoxy) is 1. The number of hydrogen-bond donors (Lipinski definition) is 3. The maximum absolute atomic E-state index is 11.6. The third-order valence-corrected chi connectivity index (χ3v) is 3.09. The van der Waals surface area contributed by atoms with Crippen LogP contribution in [0.1, 0.15) is 22.8 Å². The van der Waals surface area contributed by atoms with Crippen molar-refractivity contribution in [2.24, 2.45) is 4.99 Å². The van der Waals surface area contributed by atoms with Crippen LogP contribution in [0.3, 0.4) is 0 Å². The molecule has 6 nitrogen and oxygen atoms in total. The third kappa shape index (κ3) is 6.58. The number of hydrogen-bond acceptors (Lipinski definition) is 3. The molecule has 0 bridgehead atoms. The molecule has 122 valence electrons. The fourth-order valence-corrected chi connectivity index (χ4v) is 1.94. The van der Waals surface area contributed by atoms with E-state index >= 15 is 0 Å². The van der Waals surface area contributed by atoms with E-state index in [2.05, 4.69) is 20.9 Å². The summed E-state index contributed by atoms with van der Waals surface area (Å²) in [6, 6.07) is 7.63. The quantitative estimate of drug-likeness (QED) is 0.377. The summed E-state index contributed by atoms with van der Waals surface area (Å²) in [4.78, 5) is 15.7. The predicted molar refractivity (Wildman–Crippen MR) is 89.4 cm³/mol. The fraction of sp³-hybridized carbons (Fsp3) is 0.500. The van der Waals surface area contributed by atoms with Crippen molar-refractivity contribution in [2.75, 3.05) is 40.4 Å². The van der Waals surface area contributed by atoms with Gasteiger partial charge in [0.15, 0.2) is 5.96 Å².